The largest absolute Gasteiger partial charge is 0.508 e. The molecule has 0 aromatic heterocycles. The van der Waals surface area contributed by atoms with Crippen molar-refractivity contribution >= 4 is 5.97 Å². The third-order valence-corrected chi connectivity index (χ3v) is 5.21. The van der Waals surface area contributed by atoms with Gasteiger partial charge in [-0.05, 0) is 31.0 Å². The van der Waals surface area contributed by atoms with E-state index in [0.29, 0.717) is 36.5 Å². The van der Waals surface area contributed by atoms with Gasteiger partial charge in [0.2, 0.25) is 6.79 Å². The molecule has 0 amide bonds. The zero-order valence-electron chi connectivity index (χ0n) is 16.4. The standard InChI is InChI=1S/C23H24O7/c24-18-10-5-4-8-16(18)21-15(7-2-1-3-12-20(25)26)13-27-23(30-21)17-9-6-11-19-22(17)29-14-28-19/h1-2,4-6,8-11,15,21,23-24H,3,7,12-14H2,(H,25,26)/t15-,21+,23?/m1/s1. The van der Waals surface area contributed by atoms with E-state index >= 15 is 0 Å². The fraction of sp³-hybridized carbons (Fsp3) is 0.348. The Kier molecular flexibility index (Phi) is 6.21. The maximum absolute atomic E-state index is 10.7. The number of benzene rings is 2. The number of aromatic hydroxyl groups is 1. The van der Waals surface area contributed by atoms with Crippen molar-refractivity contribution in [1.29, 1.82) is 0 Å². The molecule has 0 bridgehead atoms. The van der Waals surface area contributed by atoms with Crippen LogP contribution in [0.1, 0.15) is 42.8 Å². The van der Waals surface area contributed by atoms with Crippen molar-refractivity contribution in [2.75, 3.05) is 13.4 Å². The molecule has 2 N–H and O–H groups in total. The highest BCUT2D eigenvalue weighted by Crippen LogP contribution is 2.46. The second kappa shape index (κ2) is 9.19. The van der Waals surface area contributed by atoms with E-state index < -0.39 is 18.4 Å². The third kappa shape index (κ3) is 4.42. The number of phenols is 1. The summed E-state index contributed by atoms with van der Waals surface area (Å²) in [5.74, 6) is 0.582. The van der Waals surface area contributed by atoms with E-state index in [0.717, 1.165) is 5.56 Å². The maximum Gasteiger partial charge on any atom is 0.303 e. The topological polar surface area (TPSA) is 94.5 Å². The molecular formula is C23H24O7. The molecule has 2 aromatic carbocycles. The lowest BCUT2D eigenvalue weighted by Crippen LogP contribution is -2.30. The highest BCUT2D eigenvalue weighted by Gasteiger charge is 2.36. The van der Waals surface area contributed by atoms with E-state index in [4.69, 9.17) is 24.1 Å². The fourth-order valence-electron chi connectivity index (χ4n) is 3.73. The van der Waals surface area contributed by atoms with Crippen LogP contribution in [0.2, 0.25) is 0 Å². The number of hydrogen-bond acceptors (Lipinski definition) is 6. The average Bonchev–Trinajstić information content (AvgIpc) is 3.23. The lowest BCUT2D eigenvalue weighted by atomic mass is 9.91. The number of aliphatic carboxylic acids is 1. The summed E-state index contributed by atoms with van der Waals surface area (Å²) in [6.45, 7) is 0.573. The van der Waals surface area contributed by atoms with E-state index in [-0.39, 0.29) is 24.9 Å². The van der Waals surface area contributed by atoms with E-state index in [2.05, 4.69) is 0 Å². The molecule has 2 heterocycles. The van der Waals surface area contributed by atoms with E-state index in [1.807, 2.05) is 42.5 Å². The Morgan fingerprint density at radius 1 is 1.07 bits per heavy atom. The van der Waals surface area contributed by atoms with Crippen LogP contribution in [0, 0.1) is 5.92 Å². The first-order chi connectivity index (χ1) is 14.6. The van der Waals surface area contributed by atoms with Crippen LogP contribution in [-0.4, -0.2) is 29.6 Å². The van der Waals surface area contributed by atoms with E-state index in [1.165, 1.54) is 0 Å². The van der Waals surface area contributed by atoms with Crippen LogP contribution >= 0.6 is 0 Å². The van der Waals surface area contributed by atoms with Crippen LogP contribution in [0.15, 0.2) is 54.6 Å². The molecule has 0 saturated carbocycles. The molecule has 3 atom stereocenters. The maximum atomic E-state index is 10.7. The highest BCUT2D eigenvalue weighted by molar-refractivity contribution is 5.66. The van der Waals surface area contributed by atoms with Gasteiger partial charge in [0.05, 0.1) is 18.3 Å². The number of carboxylic acid groups (broad SMARTS) is 1. The van der Waals surface area contributed by atoms with Gasteiger partial charge in [-0.3, -0.25) is 4.79 Å². The predicted molar refractivity (Wildman–Crippen MR) is 107 cm³/mol. The van der Waals surface area contributed by atoms with Crippen molar-refractivity contribution < 1.29 is 34.0 Å². The Morgan fingerprint density at radius 2 is 1.90 bits per heavy atom. The minimum absolute atomic E-state index is 0.0374. The van der Waals surface area contributed by atoms with Crippen molar-refractivity contribution in [3.8, 4) is 17.2 Å². The van der Waals surface area contributed by atoms with Crippen molar-refractivity contribution in [1.82, 2.24) is 0 Å². The summed E-state index contributed by atoms with van der Waals surface area (Å²) >= 11 is 0. The molecule has 1 fully saturated rings. The molecule has 2 aromatic rings. The van der Waals surface area contributed by atoms with Crippen molar-refractivity contribution in [2.45, 2.75) is 31.7 Å². The van der Waals surface area contributed by atoms with Gasteiger partial charge >= 0.3 is 5.97 Å². The Hall–Kier alpha value is -3.03. The number of allylic oxidation sites excluding steroid dienone is 2. The van der Waals surface area contributed by atoms with Gasteiger partial charge in [-0.2, -0.15) is 0 Å². The molecule has 2 aliphatic heterocycles. The Morgan fingerprint density at radius 3 is 2.73 bits per heavy atom. The second-order valence-electron chi connectivity index (χ2n) is 7.26. The van der Waals surface area contributed by atoms with Crippen LogP contribution in [0.4, 0.5) is 0 Å². The molecule has 0 aliphatic carbocycles. The molecule has 0 radical (unpaired) electrons. The SMILES string of the molecule is O=C(O)CCC=CC[C@@H]1COC(c2cccc3c2OCO3)O[C@@H]1c1ccccc1O. The van der Waals surface area contributed by atoms with Gasteiger partial charge in [0.25, 0.3) is 0 Å². The summed E-state index contributed by atoms with van der Waals surface area (Å²) in [4.78, 5) is 10.7. The predicted octanol–water partition coefficient (Wildman–Crippen LogP) is 4.33. The molecule has 0 spiro atoms. The molecule has 1 unspecified atom stereocenters. The lowest BCUT2D eigenvalue weighted by Gasteiger charge is -2.37. The number of fused-ring (bicyclic) bond motifs is 1. The number of rotatable bonds is 7. The smallest absolute Gasteiger partial charge is 0.303 e. The van der Waals surface area contributed by atoms with Crippen LogP contribution in [-0.2, 0) is 14.3 Å². The van der Waals surface area contributed by atoms with Crippen LogP contribution in [0.25, 0.3) is 0 Å². The second-order valence-corrected chi connectivity index (χ2v) is 7.26. The van der Waals surface area contributed by atoms with Gasteiger partial charge in [-0.25, -0.2) is 0 Å². The quantitative estimate of drug-likeness (QED) is 0.654. The van der Waals surface area contributed by atoms with Crippen LogP contribution in [0.3, 0.4) is 0 Å². The molecule has 158 valence electrons. The number of hydrogen-bond donors (Lipinski definition) is 2. The Labute approximate surface area is 174 Å². The Balaban J connectivity index is 1.54. The minimum Gasteiger partial charge on any atom is -0.508 e. The van der Waals surface area contributed by atoms with Crippen molar-refractivity contribution in [3.63, 3.8) is 0 Å². The molecule has 4 rings (SSSR count). The summed E-state index contributed by atoms with van der Waals surface area (Å²) in [7, 11) is 0. The van der Waals surface area contributed by atoms with Crippen molar-refractivity contribution in [3.05, 3.63) is 65.7 Å². The number of para-hydroxylation sites is 2. The van der Waals surface area contributed by atoms with Gasteiger partial charge in [0.1, 0.15) is 5.75 Å². The molecular weight excluding hydrogens is 388 g/mol. The minimum atomic E-state index is -0.819. The molecule has 7 nitrogen and oxygen atoms in total. The molecule has 7 heteroatoms. The molecule has 2 aliphatic rings. The summed E-state index contributed by atoms with van der Waals surface area (Å²) < 4.78 is 23.4. The van der Waals surface area contributed by atoms with Crippen LogP contribution < -0.4 is 9.47 Å². The first-order valence-electron chi connectivity index (χ1n) is 9.93. The zero-order valence-corrected chi connectivity index (χ0v) is 16.4. The number of phenolic OH excluding ortho intramolecular Hbond substituents is 1. The number of carboxylic acids is 1. The summed E-state index contributed by atoms with van der Waals surface area (Å²) in [6.07, 6.45) is 3.97. The monoisotopic (exact) mass is 412 g/mol. The van der Waals surface area contributed by atoms with Crippen molar-refractivity contribution in [2.24, 2.45) is 5.92 Å². The van der Waals surface area contributed by atoms with E-state index in [1.54, 1.807) is 12.1 Å². The molecule has 30 heavy (non-hydrogen) atoms. The fourth-order valence-corrected chi connectivity index (χ4v) is 3.73. The third-order valence-electron chi connectivity index (χ3n) is 5.21. The first kappa shape index (κ1) is 20.3. The van der Waals surface area contributed by atoms with Gasteiger partial charge in [0.15, 0.2) is 17.8 Å². The van der Waals surface area contributed by atoms with Gasteiger partial charge < -0.3 is 29.2 Å². The Bertz CT molecular complexity index is 924. The van der Waals surface area contributed by atoms with Gasteiger partial charge in [0, 0.05) is 17.9 Å². The first-order valence-corrected chi connectivity index (χ1v) is 9.93. The zero-order chi connectivity index (χ0) is 20.9. The highest BCUT2D eigenvalue weighted by atomic mass is 16.7. The average molecular weight is 412 g/mol. The van der Waals surface area contributed by atoms with Gasteiger partial charge in [-0.15, -0.1) is 0 Å². The van der Waals surface area contributed by atoms with E-state index in [9.17, 15) is 9.90 Å². The molecule has 1 saturated heterocycles. The van der Waals surface area contributed by atoms with Crippen LogP contribution in [0.5, 0.6) is 17.2 Å². The summed E-state index contributed by atoms with van der Waals surface area (Å²) in [5, 5.41) is 19.2. The summed E-state index contributed by atoms with van der Waals surface area (Å²) in [6, 6.07) is 12.7. The summed E-state index contributed by atoms with van der Waals surface area (Å²) in [5.41, 5.74) is 1.44. The normalized spacial score (nSPS) is 23.0. The van der Waals surface area contributed by atoms with Gasteiger partial charge in [-0.1, -0.05) is 36.4 Å². The number of ether oxygens (including phenoxy) is 4. The number of carbonyl (C=O) groups is 1. The lowest BCUT2D eigenvalue weighted by molar-refractivity contribution is -0.244.